The van der Waals surface area contributed by atoms with Crippen LogP contribution < -0.4 is 15.8 Å². The molecule has 228 valence electrons. The van der Waals surface area contributed by atoms with Crippen LogP contribution in [0.5, 0.6) is 5.75 Å². The first-order valence-corrected chi connectivity index (χ1v) is 13.6. The van der Waals surface area contributed by atoms with Crippen molar-refractivity contribution in [2.24, 2.45) is 0 Å². The molecule has 0 aliphatic heterocycles. The molecule has 3 aromatic heterocycles. The van der Waals surface area contributed by atoms with Crippen molar-refractivity contribution in [2.45, 2.75) is 19.0 Å². The highest BCUT2D eigenvalue weighted by Crippen LogP contribution is 2.32. The van der Waals surface area contributed by atoms with Crippen LogP contribution in [0, 0.1) is 5.82 Å². The Bertz CT molecular complexity index is 1760. The minimum absolute atomic E-state index is 0.105. The highest BCUT2D eigenvalue weighted by Gasteiger charge is 2.25. The third-order valence-electron chi connectivity index (χ3n) is 7.03. The van der Waals surface area contributed by atoms with Gasteiger partial charge in [0.1, 0.15) is 42.1 Å². The first-order chi connectivity index (χ1) is 21.3. The minimum Gasteiger partial charge on any atom is -0.496 e. The second-order valence-corrected chi connectivity index (χ2v) is 9.91. The molecular weight excluding hydrogens is 571 g/mol. The molecule has 0 saturated heterocycles. The fourth-order valence-electron chi connectivity index (χ4n) is 4.79. The van der Waals surface area contributed by atoms with Crippen molar-refractivity contribution in [3.8, 4) is 17.0 Å². The molecule has 0 aliphatic carbocycles. The van der Waals surface area contributed by atoms with E-state index in [1.807, 2.05) is 24.3 Å². The number of hydrogen-bond acceptors (Lipinski definition) is 10. The molecular formula is C29H31FN10O4. The number of carbonyl (C=O) groups is 2. The molecule has 0 spiro atoms. The van der Waals surface area contributed by atoms with E-state index in [1.165, 1.54) is 43.1 Å². The van der Waals surface area contributed by atoms with Crippen molar-refractivity contribution in [2.75, 3.05) is 40.2 Å². The Labute approximate surface area is 251 Å². The van der Waals surface area contributed by atoms with Crippen molar-refractivity contribution in [3.63, 3.8) is 0 Å². The van der Waals surface area contributed by atoms with Gasteiger partial charge in [0.2, 0.25) is 0 Å². The Morgan fingerprint density at radius 1 is 1.11 bits per heavy atom. The van der Waals surface area contributed by atoms with Crippen molar-refractivity contribution in [3.05, 3.63) is 78.4 Å². The molecule has 1 atom stereocenters. The fourth-order valence-corrected chi connectivity index (χ4v) is 4.79. The smallest absolute Gasteiger partial charge is 0.345 e. The Balaban J connectivity index is 1.40. The second kappa shape index (κ2) is 13.2. The summed E-state index contributed by atoms with van der Waals surface area (Å²) < 4.78 is 27.2. The number of halogens is 1. The van der Waals surface area contributed by atoms with Crippen LogP contribution in [-0.2, 0) is 11.3 Å². The predicted molar refractivity (Wildman–Crippen MR) is 158 cm³/mol. The van der Waals surface area contributed by atoms with Crippen LogP contribution in [0.2, 0.25) is 0 Å². The van der Waals surface area contributed by atoms with Crippen molar-refractivity contribution >= 4 is 28.8 Å². The van der Waals surface area contributed by atoms with E-state index < -0.39 is 11.7 Å². The Morgan fingerprint density at radius 2 is 1.91 bits per heavy atom. The van der Waals surface area contributed by atoms with E-state index >= 15 is 0 Å². The molecule has 0 fully saturated rings. The van der Waals surface area contributed by atoms with E-state index in [0.717, 1.165) is 21.9 Å². The van der Waals surface area contributed by atoms with E-state index in [1.54, 1.807) is 18.8 Å². The van der Waals surface area contributed by atoms with Crippen molar-refractivity contribution in [1.29, 1.82) is 0 Å². The minimum atomic E-state index is -0.534. The summed E-state index contributed by atoms with van der Waals surface area (Å²) >= 11 is 0. The lowest BCUT2D eigenvalue weighted by Crippen LogP contribution is -2.36. The van der Waals surface area contributed by atoms with Gasteiger partial charge in [0.05, 0.1) is 24.1 Å². The van der Waals surface area contributed by atoms with Gasteiger partial charge in [0, 0.05) is 39.4 Å². The van der Waals surface area contributed by atoms with Gasteiger partial charge >= 0.3 is 6.03 Å². The lowest BCUT2D eigenvalue weighted by molar-refractivity contribution is 0.0947. The summed E-state index contributed by atoms with van der Waals surface area (Å²) in [4.78, 5) is 39.6. The van der Waals surface area contributed by atoms with Gasteiger partial charge in [-0.1, -0.05) is 24.3 Å². The van der Waals surface area contributed by atoms with Crippen LogP contribution in [0.1, 0.15) is 28.4 Å². The molecule has 1 unspecified atom stereocenters. The summed E-state index contributed by atoms with van der Waals surface area (Å²) in [6.07, 6.45) is 4.53. The van der Waals surface area contributed by atoms with Crippen LogP contribution in [0.15, 0.2) is 61.4 Å². The summed E-state index contributed by atoms with van der Waals surface area (Å²) in [7, 11) is 4.69. The quantitative estimate of drug-likeness (QED) is 0.229. The summed E-state index contributed by atoms with van der Waals surface area (Å²) in [5.74, 6) is -0.462. The van der Waals surface area contributed by atoms with E-state index in [0.29, 0.717) is 29.8 Å². The normalized spacial score (nSPS) is 11.8. The van der Waals surface area contributed by atoms with E-state index in [4.69, 9.17) is 20.3 Å². The van der Waals surface area contributed by atoms with Gasteiger partial charge in [-0.3, -0.25) is 4.79 Å². The third-order valence-corrected chi connectivity index (χ3v) is 7.03. The molecule has 2 aromatic carbocycles. The molecule has 15 heteroatoms. The van der Waals surface area contributed by atoms with Gasteiger partial charge in [0.15, 0.2) is 5.65 Å². The SMILES string of the molecule is COCCC(CN(C)C(=O)n1cncn1)n1nc(-c2ccc(CNC(=O)c3cc(F)ccc3OC)cc2)c2c(N)ncnc21. The number of fused-ring (bicyclic) bond motifs is 1. The van der Waals surface area contributed by atoms with Crippen LogP contribution >= 0.6 is 0 Å². The number of rotatable bonds is 11. The number of anilines is 1. The lowest BCUT2D eigenvalue weighted by atomic mass is 10.1. The first-order valence-electron chi connectivity index (χ1n) is 13.6. The number of benzene rings is 2. The molecule has 5 rings (SSSR count). The highest BCUT2D eigenvalue weighted by atomic mass is 19.1. The fraction of sp³-hybridized carbons (Fsp3) is 0.276. The summed E-state index contributed by atoms with van der Waals surface area (Å²) in [5.41, 5.74) is 9.05. The molecule has 44 heavy (non-hydrogen) atoms. The average molecular weight is 603 g/mol. The number of hydrogen-bond donors (Lipinski definition) is 2. The van der Waals surface area contributed by atoms with Crippen molar-refractivity contribution in [1.82, 2.24) is 44.7 Å². The number of likely N-dealkylation sites (N-methyl/N-ethyl adjacent to an activating group) is 1. The molecule has 0 bridgehead atoms. The number of ether oxygens (including phenoxy) is 2. The number of nitrogens with one attached hydrogen (secondary N) is 1. The Morgan fingerprint density at radius 3 is 2.61 bits per heavy atom. The molecule has 3 N–H and O–H groups in total. The highest BCUT2D eigenvalue weighted by molar-refractivity contribution is 5.98. The molecule has 5 aromatic rings. The molecule has 0 aliphatic rings. The van der Waals surface area contributed by atoms with E-state index in [9.17, 15) is 14.0 Å². The van der Waals surface area contributed by atoms with Crippen molar-refractivity contribution < 1.29 is 23.5 Å². The maximum absolute atomic E-state index is 13.7. The van der Waals surface area contributed by atoms with Gasteiger partial charge in [0.25, 0.3) is 5.91 Å². The number of nitrogens with zero attached hydrogens (tertiary/aromatic N) is 8. The van der Waals surface area contributed by atoms with Crippen LogP contribution in [0.25, 0.3) is 22.3 Å². The number of nitrogen functional groups attached to an aromatic ring is 1. The van der Waals surface area contributed by atoms with Gasteiger partial charge in [-0.05, 0) is 30.2 Å². The maximum atomic E-state index is 13.7. The van der Waals surface area contributed by atoms with Gasteiger partial charge in [-0.25, -0.2) is 28.8 Å². The zero-order valence-corrected chi connectivity index (χ0v) is 24.3. The topological polar surface area (TPSA) is 168 Å². The number of methoxy groups -OCH3 is 2. The van der Waals surface area contributed by atoms with Gasteiger partial charge in [-0.15, -0.1) is 0 Å². The molecule has 14 nitrogen and oxygen atoms in total. The van der Waals surface area contributed by atoms with Crippen LogP contribution in [0.3, 0.4) is 0 Å². The molecule has 2 amide bonds. The Kier molecular flexibility index (Phi) is 9.04. The van der Waals surface area contributed by atoms with Gasteiger partial charge in [-0.2, -0.15) is 14.9 Å². The zero-order valence-electron chi connectivity index (χ0n) is 24.3. The third kappa shape index (κ3) is 6.32. The number of aromatic nitrogens is 7. The van der Waals surface area contributed by atoms with Crippen LogP contribution in [0.4, 0.5) is 15.0 Å². The first kappa shape index (κ1) is 30.0. The lowest BCUT2D eigenvalue weighted by Gasteiger charge is -2.24. The maximum Gasteiger partial charge on any atom is 0.345 e. The standard InChI is InChI=1S/C29H31FN10O4/c1-38(29(42)39-17-32-15-36-39)14-21(10-11-43-2)40-27-24(26(31)34-16-35-27)25(37-40)19-6-4-18(5-7-19)13-33-28(41)22-12-20(30)8-9-23(22)44-3/h4-9,12,15-17,21H,10-11,13-14H2,1-3H3,(H,33,41)(H2,31,34,35). The molecule has 3 heterocycles. The number of amides is 2. The monoisotopic (exact) mass is 602 g/mol. The second-order valence-electron chi connectivity index (χ2n) is 9.91. The molecule has 0 saturated carbocycles. The van der Waals surface area contributed by atoms with Gasteiger partial charge < -0.3 is 25.4 Å². The number of carbonyl (C=O) groups excluding carboxylic acids is 2. The van der Waals surface area contributed by atoms with E-state index in [-0.39, 0.29) is 42.3 Å². The average Bonchev–Trinajstić information content (AvgIpc) is 3.71. The predicted octanol–water partition coefficient (Wildman–Crippen LogP) is 2.92. The largest absolute Gasteiger partial charge is 0.496 e. The summed E-state index contributed by atoms with van der Waals surface area (Å²) in [6.45, 7) is 0.885. The Hall–Kier alpha value is -5.44. The molecule has 0 radical (unpaired) electrons. The number of nitrogens with two attached hydrogens (primary N) is 1. The summed E-state index contributed by atoms with van der Waals surface area (Å²) in [6, 6.07) is 10.5. The van der Waals surface area contributed by atoms with E-state index in [2.05, 4.69) is 25.4 Å². The van der Waals surface area contributed by atoms with Crippen LogP contribution in [-0.4, -0.2) is 85.8 Å². The zero-order chi connectivity index (χ0) is 31.2. The summed E-state index contributed by atoms with van der Waals surface area (Å²) in [5, 5.41) is 12.2.